The molecule has 2 heterocycles. The summed E-state index contributed by atoms with van der Waals surface area (Å²) in [6, 6.07) is 0. The Balaban J connectivity index is 2.53. The number of nitrogens with one attached hydrogen (secondary N) is 1. The number of fused-ring (bicyclic) bond motifs is 1. The monoisotopic (exact) mass is 152 g/mol. The minimum Gasteiger partial charge on any atom is -0.372 e. The van der Waals surface area contributed by atoms with Crippen molar-refractivity contribution in [2.24, 2.45) is 0 Å². The predicted molar refractivity (Wildman–Crippen MR) is 44.4 cm³/mol. The maximum absolute atomic E-state index is 4.32. The number of hydrogen-bond acceptors (Lipinski definition) is 3. The molecule has 1 aliphatic heterocycles. The van der Waals surface area contributed by atoms with Gasteiger partial charge in [-0.05, 0) is 13.0 Å². The molecular formula is C7H8N2S. The number of aryl methyl sites for hydroxylation is 1. The van der Waals surface area contributed by atoms with Crippen LogP contribution in [0.2, 0.25) is 0 Å². The highest BCUT2D eigenvalue weighted by molar-refractivity contribution is 7.15. The molecule has 0 aliphatic carbocycles. The Labute approximate surface area is 63.6 Å². The third-order valence-corrected chi connectivity index (χ3v) is 2.36. The van der Waals surface area contributed by atoms with Crippen LogP contribution in [0.3, 0.4) is 0 Å². The minimum atomic E-state index is 0.939. The average molecular weight is 152 g/mol. The minimum absolute atomic E-state index is 0.939. The lowest BCUT2D eigenvalue weighted by Crippen LogP contribution is -2.01. The molecule has 0 unspecified atom stereocenters. The summed E-state index contributed by atoms with van der Waals surface area (Å²) < 4.78 is 0. The third-order valence-electron chi connectivity index (χ3n) is 1.42. The molecule has 52 valence electrons. The van der Waals surface area contributed by atoms with Crippen LogP contribution in [0, 0.1) is 6.92 Å². The van der Waals surface area contributed by atoms with E-state index in [-0.39, 0.29) is 0 Å². The fourth-order valence-corrected chi connectivity index (χ4v) is 1.82. The van der Waals surface area contributed by atoms with Crippen LogP contribution in [0.15, 0.2) is 6.08 Å². The van der Waals surface area contributed by atoms with E-state index in [4.69, 9.17) is 0 Å². The van der Waals surface area contributed by atoms with Gasteiger partial charge in [-0.15, -0.1) is 11.3 Å². The zero-order valence-corrected chi connectivity index (χ0v) is 6.53. The van der Waals surface area contributed by atoms with E-state index in [1.165, 1.54) is 5.00 Å². The van der Waals surface area contributed by atoms with Crippen molar-refractivity contribution in [2.45, 2.75) is 6.92 Å². The molecule has 0 amide bonds. The molecule has 0 atom stereocenters. The van der Waals surface area contributed by atoms with Gasteiger partial charge >= 0.3 is 0 Å². The lowest BCUT2D eigenvalue weighted by molar-refractivity contribution is 1.24. The highest BCUT2D eigenvalue weighted by Gasteiger charge is 2.07. The first-order valence-corrected chi connectivity index (χ1v) is 4.06. The molecule has 0 saturated carbocycles. The van der Waals surface area contributed by atoms with E-state index in [1.54, 1.807) is 11.3 Å². The molecule has 0 saturated heterocycles. The number of anilines is 1. The van der Waals surface area contributed by atoms with Crippen molar-refractivity contribution in [2.75, 3.05) is 11.9 Å². The van der Waals surface area contributed by atoms with Gasteiger partial charge in [0, 0.05) is 6.54 Å². The lowest BCUT2D eigenvalue weighted by atomic mass is 10.3. The molecule has 2 nitrogen and oxygen atoms in total. The Morgan fingerprint density at radius 1 is 1.70 bits per heavy atom. The third kappa shape index (κ3) is 0.827. The summed E-state index contributed by atoms with van der Waals surface area (Å²) in [4.78, 5) is 4.32. The average Bonchev–Trinajstić information content (AvgIpc) is 2.27. The van der Waals surface area contributed by atoms with Gasteiger partial charge in [0.05, 0.1) is 10.7 Å². The summed E-state index contributed by atoms with van der Waals surface area (Å²) in [5, 5.41) is 5.59. The summed E-state index contributed by atoms with van der Waals surface area (Å²) in [5.74, 6) is 0. The van der Waals surface area contributed by atoms with Gasteiger partial charge in [-0.2, -0.15) is 0 Å². The van der Waals surface area contributed by atoms with Crippen LogP contribution < -0.4 is 5.32 Å². The molecule has 10 heavy (non-hydrogen) atoms. The van der Waals surface area contributed by atoms with Crippen molar-refractivity contribution < 1.29 is 0 Å². The Hall–Kier alpha value is -0.830. The maximum atomic E-state index is 4.32. The summed E-state index contributed by atoms with van der Waals surface area (Å²) in [5.41, 5.74) is 1.09. The van der Waals surface area contributed by atoms with E-state index in [9.17, 15) is 0 Å². The molecule has 1 N–H and O–H groups in total. The second-order valence-electron chi connectivity index (χ2n) is 2.23. The fourth-order valence-electron chi connectivity index (χ4n) is 1.00. The second-order valence-corrected chi connectivity index (χ2v) is 3.43. The maximum Gasteiger partial charge on any atom is 0.116 e. The zero-order valence-electron chi connectivity index (χ0n) is 5.72. The van der Waals surface area contributed by atoms with Crippen LogP contribution >= 0.6 is 11.3 Å². The van der Waals surface area contributed by atoms with Gasteiger partial charge in [0.2, 0.25) is 0 Å². The first kappa shape index (κ1) is 5.92. The van der Waals surface area contributed by atoms with E-state index in [0.29, 0.717) is 0 Å². The molecule has 0 aromatic carbocycles. The van der Waals surface area contributed by atoms with E-state index in [1.807, 2.05) is 6.92 Å². The van der Waals surface area contributed by atoms with Crippen LogP contribution in [-0.2, 0) is 0 Å². The Morgan fingerprint density at radius 3 is 3.40 bits per heavy atom. The van der Waals surface area contributed by atoms with E-state index in [0.717, 1.165) is 17.2 Å². The molecule has 2 rings (SSSR count). The smallest absolute Gasteiger partial charge is 0.116 e. The van der Waals surface area contributed by atoms with E-state index < -0.39 is 0 Å². The number of thiazole rings is 1. The molecular weight excluding hydrogens is 144 g/mol. The van der Waals surface area contributed by atoms with Crippen LogP contribution in [0.5, 0.6) is 0 Å². The molecule has 0 fully saturated rings. The quantitative estimate of drug-likeness (QED) is 0.614. The van der Waals surface area contributed by atoms with Crippen LogP contribution in [-0.4, -0.2) is 11.5 Å². The summed E-state index contributed by atoms with van der Waals surface area (Å²) in [6.07, 6.45) is 4.15. The van der Waals surface area contributed by atoms with Gasteiger partial charge in [-0.1, -0.05) is 6.08 Å². The van der Waals surface area contributed by atoms with Crippen LogP contribution in [0.1, 0.15) is 10.7 Å². The number of nitrogens with zero attached hydrogens (tertiary/aromatic N) is 1. The predicted octanol–water partition coefficient (Wildman–Crippen LogP) is 1.89. The molecule has 0 radical (unpaired) electrons. The number of rotatable bonds is 0. The van der Waals surface area contributed by atoms with Gasteiger partial charge in [-0.3, -0.25) is 0 Å². The normalized spacial score (nSPS) is 14.5. The molecule has 1 aromatic rings. The summed E-state index contributed by atoms with van der Waals surface area (Å²) in [7, 11) is 0. The van der Waals surface area contributed by atoms with Crippen LogP contribution in [0.25, 0.3) is 6.08 Å². The molecule has 1 aromatic heterocycles. The fraction of sp³-hybridized carbons (Fsp3) is 0.286. The topological polar surface area (TPSA) is 24.9 Å². The van der Waals surface area contributed by atoms with Gasteiger partial charge < -0.3 is 5.32 Å². The van der Waals surface area contributed by atoms with Gasteiger partial charge in [-0.25, -0.2) is 4.98 Å². The Morgan fingerprint density at radius 2 is 2.60 bits per heavy atom. The second kappa shape index (κ2) is 2.09. The zero-order chi connectivity index (χ0) is 6.97. The van der Waals surface area contributed by atoms with Crippen molar-refractivity contribution in [3.05, 3.63) is 16.8 Å². The highest BCUT2D eigenvalue weighted by atomic mass is 32.1. The lowest BCUT2D eigenvalue weighted by Gasteiger charge is -2.03. The van der Waals surface area contributed by atoms with Crippen molar-refractivity contribution in [3.63, 3.8) is 0 Å². The van der Waals surface area contributed by atoms with Crippen molar-refractivity contribution >= 4 is 22.4 Å². The number of aromatic nitrogens is 1. The SMILES string of the molecule is Cc1nc2c(s1)NCC=C2. The first-order valence-electron chi connectivity index (χ1n) is 3.24. The van der Waals surface area contributed by atoms with Crippen molar-refractivity contribution in [1.82, 2.24) is 4.98 Å². The van der Waals surface area contributed by atoms with Gasteiger partial charge in [0.15, 0.2) is 0 Å². The molecule has 0 bridgehead atoms. The Bertz CT molecular complexity index is 275. The standard InChI is InChI=1S/C7H8N2S/c1-5-9-6-3-2-4-8-7(6)10-5/h2-3,8H,4H2,1H3. The molecule has 1 aliphatic rings. The first-order chi connectivity index (χ1) is 4.86. The molecule has 0 spiro atoms. The van der Waals surface area contributed by atoms with Gasteiger partial charge in [0.1, 0.15) is 5.00 Å². The van der Waals surface area contributed by atoms with Crippen LogP contribution in [0.4, 0.5) is 5.00 Å². The highest BCUT2D eigenvalue weighted by Crippen LogP contribution is 2.26. The van der Waals surface area contributed by atoms with Gasteiger partial charge in [0.25, 0.3) is 0 Å². The van der Waals surface area contributed by atoms with E-state index in [2.05, 4.69) is 22.5 Å². The Kier molecular flexibility index (Phi) is 1.24. The molecule has 3 heteroatoms. The largest absolute Gasteiger partial charge is 0.372 e. The van der Waals surface area contributed by atoms with E-state index >= 15 is 0 Å². The summed E-state index contributed by atoms with van der Waals surface area (Å²) >= 11 is 1.72. The summed E-state index contributed by atoms with van der Waals surface area (Å²) in [6.45, 7) is 2.97. The number of hydrogen-bond donors (Lipinski definition) is 1. The van der Waals surface area contributed by atoms with Crippen molar-refractivity contribution in [1.29, 1.82) is 0 Å². The van der Waals surface area contributed by atoms with Crippen molar-refractivity contribution in [3.8, 4) is 0 Å².